The average Bonchev–Trinajstić information content (AvgIpc) is 3.72. The highest BCUT2D eigenvalue weighted by Gasteiger charge is 2.45. The molecule has 256 valence electrons. The summed E-state index contributed by atoms with van der Waals surface area (Å²) >= 11 is 0. The second-order valence-corrected chi connectivity index (χ2v) is 12.8. The van der Waals surface area contributed by atoms with Crippen LogP contribution in [-0.4, -0.2) is 82.8 Å². The van der Waals surface area contributed by atoms with Gasteiger partial charge < -0.3 is 36.3 Å². The van der Waals surface area contributed by atoms with Crippen molar-refractivity contribution in [2.45, 2.75) is 75.2 Å². The van der Waals surface area contributed by atoms with Crippen LogP contribution in [0.1, 0.15) is 47.2 Å². The molecule has 2 saturated heterocycles. The highest BCUT2D eigenvalue weighted by atomic mass is 16.5. The van der Waals surface area contributed by atoms with Gasteiger partial charge in [-0.2, -0.15) is 0 Å². The number of amides is 4. The molecular formula is C37H42N6O6. The minimum absolute atomic E-state index is 0.00511. The molecule has 5 atom stereocenters. The molecule has 49 heavy (non-hydrogen) atoms. The molecule has 6 N–H and O–H groups in total. The second-order valence-electron chi connectivity index (χ2n) is 12.8. The molecule has 0 bridgehead atoms. The normalized spacial score (nSPS) is 24.1. The summed E-state index contributed by atoms with van der Waals surface area (Å²) in [6.45, 7) is 0.0534. The quantitative estimate of drug-likeness (QED) is 0.214. The largest absolute Gasteiger partial charge is 0.460 e. The number of aryl methyl sites for hydroxylation is 1. The van der Waals surface area contributed by atoms with Crippen molar-refractivity contribution in [3.05, 3.63) is 101 Å². The van der Waals surface area contributed by atoms with Crippen LogP contribution in [0.15, 0.2) is 72.9 Å². The van der Waals surface area contributed by atoms with Gasteiger partial charge in [0.15, 0.2) is 0 Å². The molecule has 1 aliphatic carbocycles. The predicted octanol–water partition coefficient (Wildman–Crippen LogP) is 1.33. The van der Waals surface area contributed by atoms with Crippen molar-refractivity contribution in [1.29, 1.82) is 0 Å². The number of hydrogen-bond acceptors (Lipinski definition) is 7. The predicted molar refractivity (Wildman–Crippen MR) is 182 cm³/mol. The van der Waals surface area contributed by atoms with E-state index in [0.717, 1.165) is 40.8 Å². The van der Waals surface area contributed by atoms with Crippen molar-refractivity contribution >= 4 is 35.7 Å². The molecule has 0 spiro atoms. The topological polar surface area (TPSA) is 176 Å². The van der Waals surface area contributed by atoms with Crippen LogP contribution in [0.25, 0.3) is 6.08 Å². The lowest BCUT2D eigenvalue weighted by atomic mass is 9.96. The molecule has 12 heteroatoms. The fraction of sp³-hybridized carbons (Fsp3) is 0.378. The van der Waals surface area contributed by atoms with Gasteiger partial charge >= 0.3 is 5.97 Å². The van der Waals surface area contributed by atoms with E-state index < -0.39 is 59.9 Å². The zero-order valence-electron chi connectivity index (χ0n) is 27.2. The van der Waals surface area contributed by atoms with Crippen molar-refractivity contribution in [3.63, 3.8) is 0 Å². The van der Waals surface area contributed by atoms with Crippen LogP contribution in [0.3, 0.4) is 0 Å². The number of benzene rings is 2. The van der Waals surface area contributed by atoms with Gasteiger partial charge in [0.25, 0.3) is 0 Å². The summed E-state index contributed by atoms with van der Waals surface area (Å²) < 4.78 is 5.61. The molecule has 3 aromatic rings. The lowest BCUT2D eigenvalue weighted by Gasteiger charge is -2.32. The Morgan fingerprint density at radius 3 is 2.10 bits per heavy atom. The van der Waals surface area contributed by atoms with Gasteiger partial charge in [-0.25, -0.2) is 0 Å². The number of nitrogens with one attached hydrogen (secondary N) is 4. The van der Waals surface area contributed by atoms with Gasteiger partial charge in [0.05, 0.1) is 13.0 Å². The maximum atomic E-state index is 14.4. The number of allylic oxidation sites excluding steroid dienone is 1. The summed E-state index contributed by atoms with van der Waals surface area (Å²) in [5.41, 5.74) is 10.0. The van der Waals surface area contributed by atoms with Crippen LogP contribution in [0.2, 0.25) is 0 Å². The van der Waals surface area contributed by atoms with Crippen molar-refractivity contribution in [2.75, 3.05) is 13.1 Å². The Kier molecular flexibility index (Phi) is 10.5. The molecule has 2 aromatic carbocycles. The van der Waals surface area contributed by atoms with Crippen molar-refractivity contribution in [2.24, 2.45) is 5.73 Å². The van der Waals surface area contributed by atoms with Crippen molar-refractivity contribution in [3.8, 4) is 0 Å². The molecular weight excluding hydrogens is 624 g/mol. The Morgan fingerprint density at radius 1 is 0.816 bits per heavy atom. The van der Waals surface area contributed by atoms with E-state index in [1.54, 1.807) is 0 Å². The van der Waals surface area contributed by atoms with Gasteiger partial charge in [-0.05, 0) is 35.1 Å². The van der Waals surface area contributed by atoms with E-state index in [9.17, 15) is 24.0 Å². The number of aromatic nitrogens is 1. The van der Waals surface area contributed by atoms with Gasteiger partial charge in [-0.3, -0.25) is 24.0 Å². The fourth-order valence-electron chi connectivity index (χ4n) is 6.82. The zero-order valence-corrected chi connectivity index (χ0v) is 27.2. The Labute approximate surface area is 284 Å². The number of carbonyl (C=O) groups excluding carboxylic acids is 5. The van der Waals surface area contributed by atoms with Gasteiger partial charge in [0.2, 0.25) is 23.6 Å². The number of H-pyrrole nitrogens is 1. The van der Waals surface area contributed by atoms with Crippen LogP contribution >= 0.6 is 0 Å². The summed E-state index contributed by atoms with van der Waals surface area (Å²) in [4.78, 5) is 73.8. The number of fused-ring (bicyclic) bond motifs is 2. The first-order valence-corrected chi connectivity index (χ1v) is 16.8. The van der Waals surface area contributed by atoms with Crippen LogP contribution in [0.5, 0.6) is 0 Å². The highest BCUT2D eigenvalue weighted by Crippen LogP contribution is 2.26. The summed E-state index contributed by atoms with van der Waals surface area (Å²) in [5.74, 6) is -2.61. The van der Waals surface area contributed by atoms with Gasteiger partial charge in [-0.15, -0.1) is 0 Å². The molecule has 1 aromatic heterocycles. The van der Waals surface area contributed by atoms with E-state index in [2.05, 4.69) is 27.0 Å². The lowest BCUT2D eigenvalue weighted by molar-refractivity contribution is -0.149. The molecule has 2 aliphatic heterocycles. The number of esters is 1. The molecule has 0 radical (unpaired) electrons. The first-order chi connectivity index (χ1) is 23.8. The van der Waals surface area contributed by atoms with Gasteiger partial charge in [0.1, 0.15) is 30.3 Å². The van der Waals surface area contributed by atoms with Crippen LogP contribution < -0.4 is 21.7 Å². The number of rotatable bonds is 9. The maximum Gasteiger partial charge on any atom is 0.307 e. The van der Waals surface area contributed by atoms with Crippen LogP contribution in [0.4, 0.5) is 0 Å². The molecule has 3 heterocycles. The molecule has 0 saturated carbocycles. The Balaban J connectivity index is 1.36. The van der Waals surface area contributed by atoms with E-state index in [1.807, 2.05) is 72.9 Å². The third-order valence-electron chi connectivity index (χ3n) is 9.30. The number of hydrogen-bond donors (Lipinski definition) is 5. The smallest absolute Gasteiger partial charge is 0.307 e. The summed E-state index contributed by atoms with van der Waals surface area (Å²) in [6.07, 6.45) is 7.42. The minimum Gasteiger partial charge on any atom is -0.460 e. The monoisotopic (exact) mass is 666 g/mol. The van der Waals surface area contributed by atoms with E-state index in [0.29, 0.717) is 0 Å². The first kappa shape index (κ1) is 33.7. The number of aromatic amines is 1. The average molecular weight is 667 g/mol. The summed E-state index contributed by atoms with van der Waals surface area (Å²) in [7, 11) is 0. The number of carbonyl (C=O) groups is 5. The van der Waals surface area contributed by atoms with Crippen LogP contribution in [-0.2, 0) is 54.4 Å². The van der Waals surface area contributed by atoms with E-state index in [1.165, 1.54) is 4.90 Å². The van der Waals surface area contributed by atoms with E-state index in [-0.39, 0.29) is 45.2 Å². The van der Waals surface area contributed by atoms with E-state index >= 15 is 0 Å². The van der Waals surface area contributed by atoms with Crippen LogP contribution in [0, 0.1) is 0 Å². The Hall–Kier alpha value is -5.23. The molecule has 12 nitrogen and oxygen atoms in total. The lowest BCUT2D eigenvalue weighted by Crippen LogP contribution is -2.62. The summed E-state index contributed by atoms with van der Waals surface area (Å²) in [6, 6.07) is 14.3. The number of nitrogens with two attached hydrogens (primary N) is 1. The number of ether oxygens (including phenoxy) is 1. The van der Waals surface area contributed by atoms with Crippen molar-refractivity contribution in [1.82, 2.24) is 25.8 Å². The standard InChI is InChI=1S/C37H42N6O6/c38-16-15-33(44)49-26-20-32-36(47)41-29(17-23-9-3-1-4-10-23)34(45)40-30(19-25-21-39-28-14-8-7-13-27(25)28)35(46)42-31(37(48)43(32)22-26)18-24-11-5-2-6-12-24/h1-7,9-13,21,26,29-32,39H,8,14-20,22,38H2,(H,40,45)(H,41,47)(H,42,46)/t26-,29+,30-,31+,32-/m1/s1. The second kappa shape index (κ2) is 15.3. The summed E-state index contributed by atoms with van der Waals surface area (Å²) in [5, 5.41) is 8.73. The minimum atomic E-state index is -1.07. The molecule has 3 aliphatic rings. The highest BCUT2D eigenvalue weighted by molar-refractivity contribution is 5.98. The third-order valence-corrected chi connectivity index (χ3v) is 9.30. The van der Waals surface area contributed by atoms with Crippen molar-refractivity contribution < 1.29 is 28.7 Å². The maximum absolute atomic E-state index is 14.4. The Bertz CT molecular complexity index is 1710. The first-order valence-electron chi connectivity index (χ1n) is 16.8. The fourth-order valence-corrected chi connectivity index (χ4v) is 6.82. The zero-order chi connectivity index (χ0) is 34.3. The SMILES string of the molecule is NCCC(=O)O[C@@H]1C[C@@H]2C(=O)N[C@@H](Cc3ccccc3)C(=O)N[C@H](Cc3c[nH]c4c3C=CCC4)C(=O)N[C@@H](Cc3ccccc3)C(=O)N2C1. The van der Waals surface area contributed by atoms with Gasteiger partial charge in [0, 0.05) is 44.1 Å². The third kappa shape index (κ3) is 8.09. The molecule has 0 unspecified atom stereocenters. The molecule has 6 rings (SSSR count). The Morgan fingerprint density at radius 2 is 1.43 bits per heavy atom. The molecule has 2 fully saturated rings. The van der Waals surface area contributed by atoms with Gasteiger partial charge in [-0.1, -0.05) is 72.8 Å². The molecule has 4 amide bonds. The number of nitrogens with zero attached hydrogens (tertiary/aromatic N) is 1. The van der Waals surface area contributed by atoms with E-state index in [4.69, 9.17) is 10.5 Å².